The van der Waals surface area contributed by atoms with E-state index in [1.807, 2.05) is 31.2 Å². The molecule has 0 fully saturated rings. The molecule has 0 saturated heterocycles. The van der Waals surface area contributed by atoms with Crippen LogP contribution in [0.4, 0.5) is 5.82 Å². The van der Waals surface area contributed by atoms with E-state index >= 15 is 0 Å². The Kier molecular flexibility index (Phi) is 3.23. The molecule has 5 nitrogen and oxygen atoms in total. The van der Waals surface area contributed by atoms with Crippen LogP contribution in [0.5, 0.6) is 5.75 Å². The van der Waals surface area contributed by atoms with Gasteiger partial charge in [-0.2, -0.15) is 0 Å². The van der Waals surface area contributed by atoms with E-state index in [1.165, 1.54) is 6.07 Å². The summed E-state index contributed by atoms with van der Waals surface area (Å²) in [6.45, 7) is 2.52. The monoisotopic (exact) mass is 246 g/mol. The van der Waals surface area contributed by atoms with E-state index < -0.39 is 5.97 Å². The van der Waals surface area contributed by atoms with E-state index in [-0.39, 0.29) is 11.4 Å². The van der Waals surface area contributed by atoms with Crippen molar-refractivity contribution in [1.29, 1.82) is 0 Å². The van der Waals surface area contributed by atoms with Gasteiger partial charge in [-0.05, 0) is 42.8 Å². The Hall–Kier alpha value is -2.43. The molecule has 18 heavy (non-hydrogen) atoms. The second-order valence-electron chi connectivity index (χ2n) is 3.77. The molecule has 4 N–H and O–H groups in total. The molecule has 2 aromatic rings. The third-order valence-corrected chi connectivity index (χ3v) is 2.55. The molecule has 1 aromatic carbocycles. The van der Waals surface area contributed by atoms with Gasteiger partial charge >= 0.3 is 5.97 Å². The largest absolute Gasteiger partial charge is 0.494 e. The summed E-state index contributed by atoms with van der Waals surface area (Å²) in [5.41, 5.74) is 7.21. The highest BCUT2D eigenvalue weighted by molar-refractivity contribution is 5.94. The number of hydrogen-bond donors (Lipinski definition) is 3. The zero-order chi connectivity index (χ0) is 13.1. The molecule has 94 valence electrons. The molecule has 0 unspecified atom stereocenters. The maximum Gasteiger partial charge on any atom is 0.339 e. The number of H-pyrrole nitrogens is 1. The normalized spacial score (nSPS) is 10.3. The van der Waals surface area contributed by atoms with Crippen molar-refractivity contribution in [2.45, 2.75) is 6.92 Å². The SMILES string of the molecule is CCOc1ccc(-c2cc(C(=O)O)c(N)[nH]2)cc1. The summed E-state index contributed by atoms with van der Waals surface area (Å²) in [5, 5.41) is 8.92. The van der Waals surface area contributed by atoms with Gasteiger partial charge in [0.2, 0.25) is 0 Å². The molecule has 0 atom stereocenters. The first kappa shape index (κ1) is 12.0. The molecule has 2 rings (SSSR count). The quantitative estimate of drug-likeness (QED) is 0.772. The van der Waals surface area contributed by atoms with Gasteiger partial charge in [-0.3, -0.25) is 0 Å². The number of aromatic nitrogens is 1. The summed E-state index contributed by atoms with van der Waals surface area (Å²) in [4.78, 5) is 13.7. The Morgan fingerprint density at radius 1 is 1.39 bits per heavy atom. The van der Waals surface area contributed by atoms with Gasteiger partial charge in [0.25, 0.3) is 0 Å². The van der Waals surface area contributed by atoms with E-state index in [1.54, 1.807) is 0 Å². The zero-order valence-corrected chi connectivity index (χ0v) is 9.93. The predicted octanol–water partition coefficient (Wildman–Crippen LogP) is 2.36. The fourth-order valence-electron chi connectivity index (χ4n) is 1.70. The zero-order valence-electron chi connectivity index (χ0n) is 9.93. The molecule has 1 aromatic heterocycles. The summed E-state index contributed by atoms with van der Waals surface area (Å²) >= 11 is 0. The lowest BCUT2D eigenvalue weighted by atomic mass is 10.1. The van der Waals surface area contributed by atoms with Crippen molar-refractivity contribution >= 4 is 11.8 Å². The van der Waals surface area contributed by atoms with Crippen molar-refractivity contribution < 1.29 is 14.6 Å². The number of aromatic amines is 1. The molecule has 0 spiro atoms. The number of benzene rings is 1. The van der Waals surface area contributed by atoms with Crippen LogP contribution in [0.15, 0.2) is 30.3 Å². The molecule has 1 heterocycles. The van der Waals surface area contributed by atoms with Crippen LogP contribution in [-0.2, 0) is 0 Å². The highest BCUT2D eigenvalue weighted by atomic mass is 16.5. The number of anilines is 1. The third-order valence-electron chi connectivity index (χ3n) is 2.55. The number of ether oxygens (including phenoxy) is 1. The number of hydrogen-bond acceptors (Lipinski definition) is 3. The van der Waals surface area contributed by atoms with Crippen LogP contribution < -0.4 is 10.5 Å². The fraction of sp³-hybridized carbons (Fsp3) is 0.154. The van der Waals surface area contributed by atoms with Gasteiger partial charge in [0.15, 0.2) is 0 Å². The van der Waals surface area contributed by atoms with Crippen LogP contribution >= 0.6 is 0 Å². The maximum absolute atomic E-state index is 10.9. The smallest absolute Gasteiger partial charge is 0.339 e. The molecule has 5 heteroatoms. The number of carboxylic acids is 1. The molecule has 0 radical (unpaired) electrons. The van der Waals surface area contributed by atoms with Crippen LogP contribution in [-0.4, -0.2) is 22.7 Å². The third kappa shape index (κ3) is 2.29. The summed E-state index contributed by atoms with van der Waals surface area (Å²) in [6.07, 6.45) is 0. The van der Waals surface area contributed by atoms with Crippen molar-refractivity contribution in [2.24, 2.45) is 0 Å². The molecular formula is C13H14N2O3. The van der Waals surface area contributed by atoms with Gasteiger partial charge in [-0.25, -0.2) is 4.79 Å². The topological polar surface area (TPSA) is 88.3 Å². The Balaban J connectivity index is 2.31. The molecule has 0 aliphatic carbocycles. The Morgan fingerprint density at radius 2 is 2.06 bits per heavy atom. The number of nitrogens with one attached hydrogen (secondary N) is 1. The second kappa shape index (κ2) is 4.83. The van der Waals surface area contributed by atoms with Gasteiger partial charge < -0.3 is 20.6 Å². The predicted molar refractivity (Wildman–Crippen MR) is 68.8 cm³/mol. The number of aromatic carboxylic acids is 1. The minimum Gasteiger partial charge on any atom is -0.494 e. The first-order chi connectivity index (χ1) is 8.61. The number of rotatable bonds is 4. The van der Waals surface area contributed by atoms with Crippen molar-refractivity contribution in [3.63, 3.8) is 0 Å². The Morgan fingerprint density at radius 3 is 2.56 bits per heavy atom. The highest BCUT2D eigenvalue weighted by Crippen LogP contribution is 2.25. The van der Waals surface area contributed by atoms with E-state index in [0.29, 0.717) is 12.3 Å². The molecular weight excluding hydrogens is 232 g/mol. The summed E-state index contributed by atoms with van der Waals surface area (Å²) in [5.74, 6) is -0.105. The molecule has 0 aliphatic heterocycles. The average Bonchev–Trinajstić information content (AvgIpc) is 2.73. The fourth-order valence-corrected chi connectivity index (χ4v) is 1.70. The minimum atomic E-state index is -1.04. The van der Waals surface area contributed by atoms with Crippen LogP contribution in [0, 0.1) is 0 Å². The highest BCUT2D eigenvalue weighted by Gasteiger charge is 2.12. The first-order valence-corrected chi connectivity index (χ1v) is 5.57. The van der Waals surface area contributed by atoms with E-state index in [4.69, 9.17) is 15.6 Å². The second-order valence-corrected chi connectivity index (χ2v) is 3.77. The minimum absolute atomic E-state index is 0.0823. The van der Waals surface area contributed by atoms with Crippen LogP contribution in [0.2, 0.25) is 0 Å². The van der Waals surface area contributed by atoms with Gasteiger partial charge in [0, 0.05) is 5.69 Å². The van der Waals surface area contributed by atoms with Gasteiger partial charge in [0.1, 0.15) is 17.1 Å². The Labute approximate surface area is 104 Å². The molecule has 0 aliphatic rings. The van der Waals surface area contributed by atoms with Gasteiger partial charge in [0.05, 0.1) is 6.61 Å². The lowest BCUT2D eigenvalue weighted by molar-refractivity contribution is 0.0698. The van der Waals surface area contributed by atoms with E-state index in [0.717, 1.165) is 11.3 Å². The van der Waals surface area contributed by atoms with Crippen LogP contribution in [0.1, 0.15) is 17.3 Å². The molecule has 0 saturated carbocycles. The number of carbonyl (C=O) groups is 1. The molecule has 0 bridgehead atoms. The van der Waals surface area contributed by atoms with E-state index in [9.17, 15) is 4.79 Å². The van der Waals surface area contributed by atoms with Crippen molar-refractivity contribution in [3.05, 3.63) is 35.9 Å². The standard InChI is InChI=1S/C13H14N2O3/c1-2-18-9-5-3-8(4-6-9)11-7-10(13(16)17)12(14)15-11/h3-7,15H,2,14H2,1H3,(H,16,17). The summed E-state index contributed by atoms with van der Waals surface area (Å²) in [6, 6.07) is 8.88. The number of nitrogens with two attached hydrogens (primary N) is 1. The van der Waals surface area contributed by atoms with Crippen LogP contribution in [0.25, 0.3) is 11.3 Å². The number of carboxylic acid groups (broad SMARTS) is 1. The molecule has 0 amide bonds. The first-order valence-electron chi connectivity index (χ1n) is 5.57. The lowest BCUT2D eigenvalue weighted by Crippen LogP contribution is -1.98. The summed E-state index contributed by atoms with van der Waals surface area (Å²) < 4.78 is 5.33. The maximum atomic E-state index is 10.9. The van der Waals surface area contributed by atoms with Gasteiger partial charge in [-0.15, -0.1) is 0 Å². The van der Waals surface area contributed by atoms with E-state index in [2.05, 4.69) is 4.98 Å². The number of nitrogen functional groups attached to an aromatic ring is 1. The van der Waals surface area contributed by atoms with Crippen molar-refractivity contribution in [3.8, 4) is 17.0 Å². The summed E-state index contributed by atoms with van der Waals surface area (Å²) in [7, 11) is 0. The van der Waals surface area contributed by atoms with Crippen LogP contribution in [0.3, 0.4) is 0 Å². The average molecular weight is 246 g/mol. The van der Waals surface area contributed by atoms with Crippen molar-refractivity contribution in [1.82, 2.24) is 4.98 Å². The lowest BCUT2D eigenvalue weighted by Gasteiger charge is -2.03. The Bertz CT molecular complexity index is 558. The van der Waals surface area contributed by atoms with Gasteiger partial charge in [-0.1, -0.05) is 0 Å². The van der Waals surface area contributed by atoms with Crippen molar-refractivity contribution in [2.75, 3.05) is 12.3 Å².